The molecule has 0 saturated carbocycles. The Morgan fingerprint density at radius 3 is 2.48 bits per heavy atom. The van der Waals surface area contributed by atoms with Crippen LogP contribution in [0.4, 0.5) is 5.69 Å². The number of nitrogens with one attached hydrogen (secondary N) is 2. The lowest BCUT2D eigenvalue weighted by molar-refractivity contribution is -0.126. The zero-order chi connectivity index (χ0) is 22.4. The maximum atomic E-state index is 12.9. The first-order valence-electron chi connectivity index (χ1n) is 10.6. The van der Waals surface area contributed by atoms with Gasteiger partial charge in [0, 0.05) is 30.9 Å². The van der Waals surface area contributed by atoms with E-state index in [0.717, 1.165) is 12.8 Å². The van der Waals surface area contributed by atoms with Crippen LogP contribution in [0.5, 0.6) is 0 Å². The molecule has 0 radical (unpaired) electrons. The molecule has 2 aromatic rings. The molecule has 3 rings (SSSR count). The predicted molar refractivity (Wildman–Crippen MR) is 122 cm³/mol. The number of carbonyl (C=O) groups is 3. The first kappa shape index (κ1) is 22.8. The van der Waals surface area contributed by atoms with Gasteiger partial charge in [-0.15, -0.1) is 0 Å². The second-order valence-electron chi connectivity index (χ2n) is 8.24. The third-order valence-electron chi connectivity index (χ3n) is 5.27. The second-order valence-corrected chi connectivity index (χ2v) is 8.65. The number of nitrogens with zero attached hydrogens (tertiary/aromatic N) is 1. The molecule has 7 heteroatoms. The summed E-state index contributed by atoms with van der Waals surface area (Å²) in [6, 6.07) is 13.6. The number of hydrogen-bond acceptors (Lipinski definition) is 3. The Morgan fingerprint density at radius 1 is 1.10 bits per heavy atom. The van der Waals surface area contributed by atoms with Crippen molar-refractivity contribution in [2.75, 3.05) is 25.0 Å². The molecular formula is C24H28ClN3O3. The molecule has 0 aromatic heterocycles. The molecule has 31 heavy (non-hydrogen) atoms. The van der Waals surface area contributed by atoms with Gasteiger partial charge in [-0.3, -0.25) is 14.4 Å². The molecule has 0 unspecified atom stereocenters. The lowest BCUT2D eigenvalue weighted by atomic mass is 9.96. The van der Waals surface area contributed by atoms with E-state index in [-0.39, 0.29) is 23.6 Å². The Hall–Kier alpha value is -2.86. The van der Waals surface area contributed by atoms with Crippen LogP contribution < -0.4 is 10.6 Å². The van der Waals surface area contributed by atoms with Gasteiger partial charge in [0.15, 0.2) is 0 Å². The highest BCUT2D eigenvalue weighted by atomic mass is 35.5. The number of piperidine rings is 1. The molecule has 2 N–H and O–H groups in total. The number of hydrogen-bond donors (Lipinski definition) is 2. The predicted octanol–water partition coefficient (Wildman–Crippen LogP) is 4.22. The molecule has 1 saturated heterocycles. The Morgan fingerprint density at radius 2 is 1.81 bits per heavy atom. The van der Waals surface area contributed by atoms with Crippen LogP contribution in [0.2, 0.25) is 5.02 Å². The molecule has 0 bridgehead atoms. The van der Waals surface area contributed by atoms with Crippen LogP contribution in [0, 0.1) is 11.8 Å². The minimum Gasteiger partial charge on any atom is -0.356 e. The van der Waals surface area contributed by atoms with E-state index in [9.17, 15) is 14.4 Å². The van der Waals surface area contributed by atoms with E-state index in [2.05, 4.69) is 24.5 Å². The van der Waals surface area contributed by atoms with Gasteiger partial charge in [0.05, 0.1) is 16.5 Å². The van der Waals surface area contributed by atoms with E-state index >= 15 is 0 Å². The highest BCUT2D eigenvalue weighted by molar-refractivity contribution is 6.34. The molecule has 1 atom stereocenters. The fourth-order valence-corrected chi connectivity index (χ4v) is 3.77. The number of carbonyl (C=O) groups excluding carboxylic acids is 3. The Balaban J connectivity index is 1.60. The van der Waals surface area contributed by atoms with Gasteiger partial charge in [0.1, 0.15) is 0 Å². The van der Waals surface area contributed by atoms with Crippen molar-refractivity contribution in [3.63, 3.8) is 0 Å². The van der Waals surface area contributed by atoms with E-state index in [0.29, 0.717) is 47.4 Å². The first-order valence-corrected chi connectivity index (χ1v) is 11.0. The van der Waals surface area contributed by atoms with Gasteiger partial charge in [-0.05, 0) is 55.2 Å². The maximum absolute atomic E-state index is 12.9. The normalized spacial score (nSPS) is 16.1. The monoisotopic (exact) mass is 441 g/mol. The molecule has 1 aliphatic rings. The highest BCUT2D eigenvalue weighted by Gasteiger charge is 2.28. The largest absolute Gasteiger partial charge is 0.356 e. The fourth-order valence-electron chi connectivity index (χ4n) is 3.55. The topological polar surface area (TPSA) is 78.5 Å². The summed E-state index contributed by atoms with van der Waals surface area (Å²) in [6.07, 6.45) is 1.60. The zero-order valence-corrected chi connectivity index (χ0v) is 18.6. The summed E-state index contributed by atoms with van der Waals surface area (Å²) in [6.45, 7) is 5.81. The summed E-state index contributed by atoms with van der Waals surface area (Å²) in [7, 11) is 0. The van der Waals surface area contributed by atoms with Crippen LogP contribution in [0.25, 0.3) is 0 Å². The van der Waals surface area contributed by atoms with E-state index in [1.54, 1.807) is 53.4 Å². The number of likely N-dealkylation sites (tertiary alicyclic amines) is 1. The van der Waals surface area contributed by atoms with Crippen LogP contribution >= 0.6 is 11.6 Å². The Bertz CT molecular complexity index is 943. The standard InChI is InChI=1S/C24H28ClN3O3/c1-16(2)14-26-22(29)18-6-5-13-28(15-18)24(31)17-9-11-19(12-10-17)27-23(30)20-7-3-4-8-21(20)25/h3-4,7-12,16,18H,5-6,13-15H2,1-2H3,(H,26,29)(H,27,30)/t18-/m0/s1. The number of benzene rings is 2. The SMILES string of the molecule is CC(C)CNC(=O)[C@H]1CCCN(C(=O)c2ccc(NC(=O)c3ccccc3Cl)cc2)C1. The van der Waals surface area contributed by atoms with Crippen molar-refractivity contribution in [2.24, 2.45) is 11.8 Å². The van der Waals surface area contributed by atoms with E-state index in [4.69, 9.17) is 11.6 Å². The zero-order valence-electron chi connectivity index (χ0n) is 17.9. The summed E-state index contributed by atoms with van der Waals surface area (Å²) >= 11 is 6.07. The fraction of sp³-hybridized carbons (Fsp3) is 0.375. The average Bonchev–Trinajstić information content (AvgIpc) is 2.77. The molecule has 0 spiro atoms. The minimum atomic E-state index is -0.309. The summed E-state index contributed by atoms with van der Waals surface area (Å²) in [5.74, 6) is -0.182. The van der Waals surface area contributed by atoms with Crippen LogP contribution in [0.15, 0.2) is 48.5 Å². The van der Waals surface area contributed by atoms with Gasteiger partial charge in [0.2, 0.25) is 5.91 Å². The van der Waals surface area contributed by atoms with Crippen LogP contribution in [0.1, 0.15) is 47.4 Å². The average molecular weight is 442 g/mol. The minimum absolute atomic E-state index is 0.0174. The van der Waals surface area contributed by atoms with Crippen LogP contribution in [0.3, 0.4) is 0 Å². The molecule has 1 heterocycles. The number of amides is 3. The summed E-state index contributed by atoms with van der Waals surface area (Å²) in [5, 5.41) is 6.13. The highest BCUT2D eigenvalue weighted by Crippen LogP contribution is 2.21. The van der Waals surface area contributed by atoms with Crippen molar-refractivity contribution < 1.29 is 14.4 Å². The first-order chi connectivity index (χ1) is 14.8. The van der Waals surface area contributed by atoms with Crippen LogP contribution in [-0.4, -0.2) is 42.3 Å². The van der Waals surface area contributed by atoms with Crippen molar-refractivity contribution in [3.05, 3.63) is 64.7 Å². The third-order valence-corrected chi connectivity index (χ3v) is 5.60. The smallest absolute Gasteiger partial charge is 0.257 e. The van der Waals surface area contributed by atoms with E-state index in [1.165, 1.54) is 0 Å². The van der Waals surface area contributed by atoms with Gasteiger partial charge in [-0.25, -0.2) is 0 Å². The van der Waals surface area contributed by atoms with Gasteiger partial charge >= 0.3 is 0 Å². The van der Waals surface area contributed by atoms with Crippen molar-refractivity contribution in [1.82, 2.24) is 10.2 Å². The molecule has 1 aliphatic heterocycles. The number of halogens is 1. The summed E-state index contributed by atoms with van der Waals surface area (Å²) < 4.78 is 0. The van der Waals surface area contributed by atoms with Crippen molar-refractivity contribution in [2.45, 2.75) is 26.7 Å². The van der Waals surface area contributed by atoms with Gasteiger partial charge in [0.25, 0.3) is 11.8 Å². The lowest BCUT2D eigenvalue weighted by Gasteiger charge is -2.32. The van der Waals surface area contributed by atoms with E-state index in [1.807, 2.05) is 0 Å². The van der Waals surface area contributed by atoms with Gasteiger partial charge in [-0.1, -0.05) is 37.6 Å². The van der Waals surface area contributed by atoms with Gasteiger partial charge < -0.3 is 15.5 Å². The number of anilines is 1. The summed E-state index contributed by atoms with van der Waals surface area (Å²) in [4.78, 5) is 39.4. The molecule has 2 aromatic carbocycles. The van der Waals surface area contributed by atoms with Crippen molar-refractivity contribution >= 4 is 35.0 Å². The third kappa shape index (κ3) is 6.07. The molecule has 1 fully saturated rings. The summed E-state index contributed by atoms with van der Waals surface area (Å²) in [5.41, 5.74) is 1.49. The molecule has 0 aliphatic carbocycles. The molecule has 6 nitrogen and oxygen atoms in total. The molecular weight excluding hydrogens is 414 g/mol. The number of rotatable bonds is 6. The van der Waals surface area contributed by atoms with E-state index < -0.39 is 0 Å². The lowest BCUT2D eigenvalue weighted by Crippen LogP contribution is -2.46. The van der Waals surface area contributed by atoms with Crippen molar-refractivity contribution in [1.29, 1.82) is 0 Å². The molecule has 3 amide bonds. The maximum Gasteiger partial charge on any atom is 0.257 e. The van der Waals surface area contributed by atoms with Gasteiger partial charge in [-0.2, -0.15) is 0 Å². The quantitative estimate of drug-likeness (QED) is 0.704. The Kier molecular flexibility index (Phi) is 7.69. The molecule has 164 valence electrons. The second kappa shape index (κ2) is 10.4. The van der Waals surface area contributed by atoms with Crippen molar-refractivity contribution in [3.8, 4) is 0 Å². The van der Waals surface area contributed by atoms with Crippen LogP contribution in [-0.2, 0) is 4.79 Å². The Labute approximate surface area is 188 Å².